The average molecular weight is 286 g/mol. The van der Waals surface area contributed by atoms with Crippen LogP contribution in [-0.4, -0.2) is 25.9 Å². The molecular weight excluding hydrogens is 262 g/mol. The van der Waals surface area contributed by atoms with Crippen molar-refractivity contribution in [2.45, 2.75) is 39.8 Å². The molecule has 0 radical (unpaired) electrons. The van der Waals surface area contributed by atoms with Crippen LogP contribution < -0.4 is 10.1 Å². The van der Waals surface area contributed by atoms with E-state index < -0.39 is 0 Å². The zero-order valence-corrected chi connectivity index (χ0v) is 12.8. The lowest BCUT2D eigenvalue weighted by Gasteiger charge is -2.11. The van der Waals surface area contributed by atoms with E-state index in [9.17, 15) is 0 Å². The molecule has 0 aliphatic carbocycles. The van der Waals surface area contributed by atoms with Crippen LogP contribution in [0.5, 0.6) is 5.75 Å². The zero-order valence-electron chi connectivity index (χ0n) is 12.0. The monoisotopic (exact) mass is 285 g/mol. The Morgan fingerprint density at radius 3 is 2.68 bits per heavy atom. The molecule has 0 saturated heterocycles. The zero-order chi connectivity index (χ0) is 14.1. The maximum Gasteiger partial charge on any atom is 0.137 e. The maximum atomic E-state index is 6.20. The van der Waals surface area contributed by atoms with E-state index in [0.29, 0.717) is 17.7 Å². The molecule has 1 N–H and O–H groups in total. The summed E-state index contributed by atoms with van der Waals surface area (Å²) in [5.41, 5.74) is 1.17. The molecule has 3 nitrogen and oxygen atoms in total. The highest BCUT2D eigenvalue weighted by molar-refractivity contribution is 6.32. The Kier molecular flexibility index (Phi) is 7.87. The van der Waals surface area contributed by atoms with Gasteiger partial charge in [0.2, 0.25) is 0 Å². The van der Waals surface area contributed by atoms with Crippen LogP contribution in [0.2, 0.25) is 5.02 Å². The van der Waals surface area contributed by atoms with E-state index in [0.717, 1.165) is 31.9 Å². The molecule has 0 heterocycles. The standard InChI is InChI=1S/C15H24ClNO2/c1-4-18-8-5-9-19-15-7-6-13(10-14(15)16)11-17-12(2)3/h6-7,10,12,17H,4-5,8-9,11H2,1-3H3. The number of nitrogens with one attached hydrogen (secondary N) is 1. The Hall–Kier alpha value is -0.770. The third-order valence-electron chi connectivity index (χ3n) is 2.61. The number of benzene rings is 1. The first-order chi connectivity index (χ1) is 9.13. The number of rotatable bonds is 9. The summed E-state index contributed by atoms with van der Waals surface area (Å²) in [5, 5.41) is 4.02. The Bertz CT molecular complexity index is 369. The van der Waals surface area contributed by atoms with Crippen molar-refractivity contribution in [2.75, 3.05) is 19.8 Å². The summed E-state index contributed by atoms with van der Waals surface area (Å²) in [4.78, 5) is 0. The van der Waals surface area contributed by atoms with Crippen molar-refractivity contribution in [3.63, 3.8) is 0 Å². The number of halogens is 1. The van der Waals surface area contributed by atoms with E-state index in [1.807, 2.05) is 25.1 Å². The summed E-state index contributed by atoms with van der Waals surface area (Å²) in [6.45, 7) is 9.16. The fourth-order valence-corrected chi connectivity index (χ4v) is 1.84. The Morgan fingerprint density at radius 1 is 1.26 bits per heavy atom. The van der Waals surface area contributed by atoms with Crippen LogP contribution >= 0.6 is 11.6 Å². The minimum atomic E-state index is 0.466. The van der Waals surface area contributed by atoms with Crippen molar-refractivity contribution in [1.29, 1.82) is 0 Å². The van der Waals surface area contributed by atoms with Gasteiger partial charge in [0.1, 0.15) is 5.75 Å². The lowest BCUT2D eigenvalue weighted by Crippen LogP contribution is -2.21. The molecular formula is C15H24ClNO2. The number of ether oxygens (including phenoxy) is 2. The second kappa shape index (κ2) is 9.18. The first kappa shape index (κ1) is 16.3. The molecule has 108 valence electrons. The Balaban J connectivity index is 2.39. The predicted molar refractivity (Wildman–Crippen MR) is 80.0 cm³/mol. The van der Waals surface area contributed by atoms with Crippen molar-refractivity contribution >= 4 is 11.6 Å². The second-order valence-electron chi connectivity index (χ2n) is 4.70. The van der Waals surface area contributed by atoms with Crippen LogP contribution in [0, 0.1) is 0 Å². The summed E-state index contributed by atoms with van der Waals surface area (Å²) in [7, 11) is 0. The Labute approximate surface area is 121 Å². The molecule has 1 rings (SSSR count). The molecule has 0 fully saturated rings. The minimum absolute atomic E-state index is 0.466. The van der Waals surface area contributed by atoms with Gasteiger partial charge in [0.05, 0.1) is 11.6 Å². The molecule has 0 unspecified atom stereocenters. The topological polar surface area (TPSA) is 30.5 Å². The summed E-state index contributed by atoms with van der Waals surface area (Å²) in [6.07, 6.45) is 0.876. The van der Waals surface area contributed by atoms with Crippen LogP contribution in [0.15, 0.2) is 18.2 Å². The van der Waals surface area contributed by atoms with Gasteiger partial charge in [-0.25, -0.2) is 0 Å². The van der Waals surface area contributed by atoms with Gasteiger partial charge in [-0.05, 0) is 24.6 Å². The summed E-state index contributed by atoms with van der Waals surface area (Å²) in [5.74, 6) is 0.742. The summed E-state index contributed by atoms with van der Waals surface area (Å²) in [6, 6.07) is 6.39. The third kappa shape index (κ3) is 6.81. The number of hydrogen-bond donors (Lipinski definition) is 1. The van der Waals surface area contributed by atoms with Crippen molar-refractivity contribution < 1.29 is 9.47 Å². The fourth-order valence-electron chi connectivity index (χ4n) is 1.58. The van der Waals surface area contributed by atoms with E-state index in [1.165, 1.54) is 5.56 Å². The molecule has 0 aliphatic rings. The molecule has 0 bridgehead atoms. The van der Waals surface area contributed by atoms with Crippen molar-refractivity contribution in [3.8, 4) is 5.75 Å². The van der Waals surface area contributed by atoms with Crippen molar-refractivity contribution in [2.24, 2.45) is 0 Å². The molecule has 1 aromatic rings. The van der Waals surface area contributed by atoms with Crippen LogP contribution in [0.1, 0.15) is 32.8 Å². The molecule has 0 aliphatic heterocycles. The van der Waals surface area contributed by atoms with Crippen molar-refractivity contribution in [3.05, 3.63) is 28.8 Å². The van der Waals surface area contributed by atoms with E-state index in [4.69, 9.17) is 21.1 Å². The molecule has 0 spiro atoms. The van der Waals surface area contributed by atoms with Crippen LogP contribution in [0.25, 0.3) is 0 Å². The van der Waals surface area contributed by atoms with Gasteiger partial charge >= 0.3 is 0 Å². The van der Waals surface area contributed by atoms with Crippen LogP contribution in [-0.2, 0) is 11.3 Å². The van der Waals surface area contributed by atoms with Crippen LogP contribution in [0.3, 0.4) is 0 Å². The van der Waals surface area contributed by atoms with Gasteiger partial charge in [0.15, 0.2) is 0 Å². The van der Waals surface area contributed by atoms with Gasteiger partial charge in [-0.2, -0.15) is 0 Å². The molecule has 0 amide bonds. The maximum absolute atomic E-state index is 6.20. The minimum Gasteiger partial charge on any atom is -0.492 e. The van der Waals surface area contributed by atoms with Gasteiger partial charge in [-0.1, -0.05) is 31.5 Å². The fraction of sp³-hybridized carbons (Fsp3) is 0.600. The highest BCUT2D eigenvalue weighted by atomic mass is 35.5. The quantitative estimate of drug-likeness (QED) is 0.703. The SMILES string of the molecule is CCOCCCOc1ccc(CNC(C)C)cc1Cl. The van der Waals surface area contributed by atoms with E-state index in [1.54, 1.807) is 0 Å². The molecule has 0 atom stereocenters. The van der Waals surface area contributed by atoms with Crippen LogP contribution in [0.4, 0.5) is 0 Å². The van der Waals surface area contributed by atoms with Gasteiger partial charge in [-0.15, -0.1) is 0 Å². The first-order valence-corrected chi connectivity index (χ1v) is 7.23. The molecule has 0 saturated carbocycles. The normalized spacial score (nSPS) is 11.0. The second-order valence-corrected chi connectivity index (χ2v) is 5.11. The van der Waals surface area contributed by atoms with E-state index >= 15 is 0 Å². The molecule has 19 heavy (non-hydrogen) atoms. The first-order valence-electron chi connectivity index (χ1n) is 6.85. The molecule has 1 aromatic carbocycles. The third-order valence-corrected chi connectivity index (χ3v) is 2.90. The van der Waals surface area contributed by atoms with Crippen molar-refractivity contribution in [1.82, 2.24) is 5.32 Å². The van der Waals surface area contributed by atoms with Gasteiger partial charge in [0.25, 0.3) is 0 Å². The van der Waals surface area contributed by atoms with E-state index in [-0.39, 0.29) is 0 Å². The van der Waals surface area contributed by atoms with E-state index in [2.05, 4.69) is 19.2 Å². The summed E-state index contributed by atoms with van der Waals surface area (Å²) < 4.78 is 10.9. The smallest absolute Gasteiger partial charge is 0.137 e. The molecule has 0 aromatic heterocycles. The van der Waals surface area contributed by atoms with Gasteiger partial charge < -0.3 is 14.8 Å². The highest BCUT2D eigenvalue weighted by Gasteiger charge is 2.03. The summed E-state index contributed by atoms with van der Waals surface area (Å²) >= 11 is 6.20. The largest absolute Gasteiger partial charge is 0.492 e. The predicted octanol–water partition coefficient (Wildman–Crippen LogP) is 3.64. The van der Waals surface area contributed by atoms with Gasteiger partial charge in [0, 0.05) is 32.2 Å². The highest BCUT2D eigenvalue weighted by Crippen LogP contribution is 2.25. The molecule has 4 heteroatoms. The number of hydrogen-bond acceptors (Lipinski definition) is 3. The lowest BCUT2D eigenvalue weighted by atomic mass is 10.2. The Morgan fingerprint density at radius 2 is 2.05 bits per heavy atom. The lowest BCUT2D eigenvalue weighted by molar-refractivity contribution is 0.131. The van der Waals surface area contributed by atoms with Gasteiger partial charge in [-0.3, -0.25) is 0 Å². The average Bonchev–Trinajstić information content (AvgIpc) is 2.38.